The lowest BCUT2D eigenvalue weighted by Gasteiger charge is -2.36. The van der Waals surface area contributed by atoms with Crippen molar-refractivity contribution in [2.45, 2.75) is 45.8 Å². The molecule has 4 aromatic carbocycles. The predicted molar refractivity (Wildman–Crippen MR) is 194 cm³/mol. The number of aromatic nitrogens is 1. The molecule has 3 heterocycles. The second-order valence-electron chi connectivity index (χ2n) is 13.2. The summed E-state index contributed by atoms with van der Waals surface area (Å²) in [6.07, 6.45) is 1.43. The van der Waals surface area contributed by atoms with Gasteiger partial charge in [0.15, 0.2) is 0 Å². The fourth-order valence-corrected chi connectivity index (χ4v) is 7.12. The van der Waals surface area contributed by atoms with Gasteiger partial charge in [0, 0.05) is 73.7 Å². The van der Waals surface area contributed by atoms with Crippen LogP contribution in [0.15, 0.2) is 103 Å². The highest BCUT2D eigenvalue weighted by Gasteiger charge is 2.32. The van der Waals surface area contributed by atoms with Gasteiger partial charge in [-0.1, -0.05) is 60.7 Å². The first-order chi connectivity index (χ1) is 23.7. The van der Waals surface area contributed by atoms with Crippen LogP contribution in [0.5, 0.6) is 0 Å². The summed E-state index contributed by atoms with van der Waals surface area (Å²) >= 11 is 0. The minimum absolute atomic E-state index is 0.00578. The van der Waals surface area contributed by atoms with Crippen LogP contribution < -0.4 is 10.2 Å². The highest BCUT2D eigenvalue weighted by Crippen LogP contribution is 2.36. The molecule has 1 atom stereocenters. The minimum Gasteiger partial charge on any atom is -0.347 e. The Morgan fingerprint density at radius 3 is 2.18 bits per heavy atom. The molecule has 0 radical (unpaired) electrons. The summed E-state index contributed by atoms with van der Waals surface area (Å²) in [5.41, 5.74) is 9.62. The number of amides is 4. The van der Waals surface area contributed by atoms with Crippen molar-refractivity contribution in [2.24, 2.45) is 7.05 Å². The fraction of sp³-hybridized carbons (Fsp3) is 0.244. The van der Waals surface area contributed by atoms with Crippen molar-refractivity contribution in [3.63, 3.8) is 0 Å². The molecular weight excluding hydrogens is 610 g/mol. The summed E-state index contributed by atoms with van der Waals surface area (Å²) in [5.74, 6) is -0.170. The summed E-state index contributed by atoms with van der Waals surface area (Å²) in [5, 5.41) is 3.00. The number of para-hydroxylation sites is 2. The quantitative estimate of drug-likeness (QED) is 0.214. The Morgan fingerprint density at radius 2 is 1.45 bits per heavy atom. The molecule has 2 aliphatic heterocycles. The van der Waals surface area contributed by atoms with E-state index in [4.69, 9.17) is 0 Å². The Bertz CT molecular complexity index is 2050. The van der Waals surface area contributed by atoms with Gasteiger partial charge in [-0.05, 0) is 91.4 Å². The van der Waals surface area contributed by atoms with Gasteiger partial charge in [0.25, 0.3) is 11.8 Å². The number of hydrogen-bond donors (Lipinski definition) is 1. The molecule has 4 amide bonds. The van der Waals surface area contributed by atoms with Gasteiger partial charge in [0.1, 0.15) is 0 Å². The van der Waals surface area contributed by atoms with E-state index in [0.717, 1.165) is 51.4 Å². The summed E-state index contributed by atoms with van der Waals surface area (Å²) in [6.45, 7) is 5.52. The van der Waals surface area contributed by atoms with Crippen molar-refractivity contribution < 1.29 is 14.4 Å². The van der Waals surface area contributed by atoms with Gasteiger partial charge >= 0.3 is 6.03 Å². The number of carbonyl (C=O) groups is 3. The average molecular weight is 652 g/mol. The van der Waals surface area contributed by atoms with Crippen LogP contribution >= 0.6 is 0 Å². The van der Waals surface area contributed by atoms with Crippen LogP contribution in [0, 0.1) is 6.92 Å². The van der Waals surface area contributed by atoms with Crippen LogP contribution in [-0.4, -0.2) is 51.8 Å². The third kappa shape index (κ3) is 6.10. The maximum atomic E-state index is 14.7. The molecule has 8 heteroatoms. The monoisotopic (exact) mass is 651 g/mol. The number of nitrogens with one attached hydrogen (secondary N) is 1. The van der Waals surface area contributed by atoms with Crippen LogP contribution in [0.4, 0.5) is 16.2 Å². The number of benzene rings is 4. The Labute approximate surface area is 287 Å². The Morgan fingerprint density at radius 1 is 0.776 bits per heavy atom. The predicted octanol–water partition coefficient (Wildman–Crippen LogP) is 7.45. The van der Waals surface area contributed by atoms with Gasteiger partial charge in [0.2, 0.25) is 0 Å². The van der Waals surface area contributed by atoms with Crippen molar-refractivity contribution >= 4 is 29.2 Å². The number of rotatable bonds is 5. The summed E-state index contributed by atoms with van der Waals surface area (Å²) in [7, 11) is 3.74. The van der Waals surface area contributed by atoms with E-state index in [-0.39, 0.29) is 23.9 Å². The van der Waals surface area contributed by atoms with Crippen molar-refractivity contribution in [2.75, 3.05) is 23.8 Å². The molecule has 1 N–H and O–H groups in total. The van der Waals surface area contributed by atoms with Crippen molar-refractivity contribution in [3.8, 4) is 11.3 Å². The first-order valence-corrected chi connectivity index (χ1v) is 16.8. The second kappa shape index (κ2) is 13.1. The number of carbonyl (C=O) groups excluding carboxylic acids is 3. The lowest BCUT2D eigenvalue weighted by molar-refractivity contribution is 0.0658. The second-order valence-corrected chi connectivity index (χ2v) is 13.2. The molecule has 0 spiro atoms. The molecule has 0 saturated carbocycles. The molecule has 1 aromatic heterocycles. The minimum atomic E-state index is -0.168. The Hall–Kier alpha value is -5.63. The fourth-order valence-electron chi connectivity index (χ4n) is 7.12. The summed E-state index contributed by atoms with van der Waals surface area (Å²) in [4.78, 5) is 47.3. The smallest absolute Gasteiger partial charge is 0.322 e. The largest absolute Gasteiger partial charge is 0.347 e. The number of fused-ring (bicyclic) bond motifs is 2. The molecular formula is C41H41N5O3. The van der Waals surface area contributed by atoms with Gasteiger partial charge in [-0.3, -0.25) is 9.59 Å². The van der Waals surface area contributed by atoms with E-state index in [2.05, 4.69) is 36.5 Å². The van der Waals surface area contributed by atoms with E-state index in [9.17, 15) is 14.4 Å². The van der Waals surface area contributed by atoms with Crippen LogP contribution in [0.1, 0.15) is 55.6 Å². The normalized spacial score (nSPS) is 15.3. The van der Waals surface area contributed by atoms with Gasteiger partial charge in [-0.25, -0.2) is 4.79 Å². The maximum absolute atomic E-state index is 14.7. The number of urea groups is 1. The van der Waals surface area contributed by atoms with E-state index in [1.165, 1.54) is 5.56 Å². The van der Waals surface area contributed by atoms with Gasteiger partial charge in [-0.2, -0.15) is 0 Å². The van der Waals surface area contributed by atoms with Crippen molar-refractivity contribution in [3.05, 3.63) is 142 Å². The Balaban J connectivity index is 1.28. The van der Waals surface area contributed by atoms with E-state index in [0.29, 0.717) is 37.2 Å². The zero-order chi connectivity index (χ0) is 34.2. The molecule has 0 fully saturated rings. The SMILES string of the molecule is Cc1c(C(=O)N(C)c2ccccc2)cc(-c2cc3c(cc2C(=O)N2Cc4ccccc4C[C@H]2C)CN(C(=O)Nc2ccccc2)CC3)n1C. The molecule has 7 rings (SSSR count). The molecule has 2 aliphatic rings. The highest BCUT2D eigenvalue weighted by molar-refractivity contribution is 6.08. The van der Waals surface area contributed by atoms with E-state index in [1.54, 1.807) is 16.8 Å². The standard InChI is InChI=1S/C41H41N5O3/c1-27-21-29-13-11-12-14-31(29)26-46(27)40(48)37-23-32-25-45(41(49)42-33-15-7-5-8-16-33)20-19-30(32)22-36(37)38-24-35(28(2)43(38)3)39(47)44(4)34-17-9-6-10-18-34/h5-18,22-24,27H,19-21,25-26H2,1-4H3,(H,42,49)/t27-/m1/s1. The lowest BCUT2D eigenvalue weighted by atomic mass is 9.90. The zero-order valence-corrected chi connectivity index (χ0v) is 28.4. The molecule has 248 valence electrons. The van der Waals surface area contributed by atoms with E-state index in [1.807, 2.05) is 102 Å². The van der Waals surface area contributed by atoms with Crippen LogP contribution in [0.25, 0.3) is 11.3 Å². The maximum Gasteiger partial charge on any atom is 0.322 e. The molecule has 8 nitrogen and oxygen atoms in total. The van der Waals surface area contributed by atoms with Gasteiger partial charge in [-0.15, -0.1) is 0 Å². The molecule has 0 saturated heterocycles. The van der Waals surface area contributed by atoms with Gasteiger partial charge < -0.3 is 24.6 Å². The molecule has 0 aliphatic carbocycles. The first-order valence-electron chi connectivity index (χ1n) is 16.8. The van der Waals surface area contributed by atoms with Crippen LogP contribution in [0.2, 0.25) is 0 Å². The van der Waals surface area contributed by atoms with Gasteiger partial charge in [0.05, 0.1) is 5.56 Å². The van der Waals surface area contributed by atoms with E-state index >= 15 is 0 Å². The first kappa shape index (κ1) is 31.9. The lowest BCUT2D eigenvalue weighted by Crippen LogP contribution is -2.43. The molecule has 0 unspecified atom stereocenters. The van der Waals surface area contributed by atoms with Crippen molar-refractivity contribution in [1.82, 2.24) is 14.4 Å². The summed E-state index contributed by atoms with van der Waals surface area (Å²) < 4.78 is 2.02. The topological polar surface area (TPSA) is 77.9 Å². The summed E-state index contributed by atoms with van der Waals surface area (Å²) in [6, 6.07) is 33.2. The zero-order valence-electron chi connectivity index (χ0n) is 28.4. The number of anilines is 2. The van der Waals surface area contributed by atoms with Crippen LogP contribution in [0.3, 0.4) is 0 Å². The molecule has 49 heavy (non-hydrogen) atoms. The molecule has 5 aromatic rings. The average Bonchev–Trinajstić information content (AvgIpc) is 3.43. The third-order valence-electron chi connectivity index (χ3n) is 10.2. The number of nitrogens with zero attached hydrogens (tertiary/aromatic N) is 4. The van der Waals surface area contributed by atoms with Crippen LogP contribution in [-0.2, 0) is 33.0 Å². The van der Waals surface area contributed by atoms with Crippen molar-refractivity contribution in [1.29, 1.82) is 0 Å². The highest BCUT2D eigenvalue weighted by atomic mass is 16.2. The Kier molecular flexibility index (Phi) is 8.55. The van der Waals surface area contributed by atoms with E-state index < -0.39 is 0 Å². The third-order valence-corrected chi connectivity index (χ3v) is 10.2. The molecule has 0 bridgehead atoms. The number of hydrogen-bond acceptors (Lipinski definition) is 3.